The molecule has 1 aliphatic heterocycles. The highest BCUT2D eigenvalue weighted by Gasteiger charge is 2.25. The minimum absolute atomic E-state index is 0.0237. The van der Waals surface area contributed by atoms with Gasteiger partial charge in [0.1, 0.15) is 35.3 Å². The molecule has 1 fully saturated rings. The first-order chi connectivity index (χ1) is 21.3. The van der Waals surface area contributed by atoms with Crippen LogP contribution in [-0.2, 0) is 24.3 Å². The molecule has 3 aromatic heterocycles. The van der Waals surface area contributed by atoms with E-state index in [9.17, 15) is 18.7 Å². The maximum atomic E-state index is 15.3. The first-order valence-corrected chi connectivity index (χ1v) is 13.4. The van der Waals surface area contributed by atoms with Gasteiger partial charge >= 0.3 is 5.97 Å². The molecule has 0 radical (unpaired) electrons. The fourth-order valence-corrected chi connectivity index (χ4v) is 4.68. The number of nitrogens with zero attached hydrogens (tertiary/aromatic N) is 5. The number of ether oxygens (including phenoxy) is 3. The van der Waals surface area contributed by atoms with Crippen LogP contribution in [0.2, 0.25) is 0 Å². The van der Waals surface area contributed by atoms with Crippen LogP contribution in [0.25, 0.3) is 11.0 Å². The SMILES string of the molecule is N#Cc1ccc(OCc2cc(Oc3cnc(Cc4nc5c(F)cc(C(=O)O)cc5n4CC4CCO4)c(F)c3)ccn2)c(F)c1. The third kappa shape index (κ3) is 6.02. The number of hydrogen-bond acceptors (Lipinski definition) is 8. The minimum atomic E-state index is -1.28. The van der Waals surface area contributed by atoms with Gasteiger partial charge in [-0.3, -0.25) is 9.97 Å². The van der Waals surface area contributed by atoms with Crippen molar-refractivity contribution in [3.63, 3.8) is 0 Å². The molecule has 0 aliphatic carbocycles. The van der Waals surface area contributed by atoms with Crippen molar-refractivity contribution in [1.82, 2.24) is 19.5 Å². The number of carboxylic acid groups (broad SMARTS) is 1. The van der Waals surface area contributed by atoms with Gasteiger partial charge in [-0.05, 0) is 42.8 Å². The molecule has 1 N–H and O–H groups in total. The molecular weight excluding hydrogens is 579 g/mol. The monoisotopic (exact) mass is 601 g/mol. The Morgan fingerprint density at radius 3 is 2.61 bits per heavy atom. The Kier molecular flexibility index (Phi) is 7.82. The molecule has 1 saturated heterocycles. The molecule has 222 valence electrons. The van der Waals surface area contributed by atoms with Gasteiger partial charge in [0.25, 0.3) is 0 Å². The minimum Gasteiger partial charge on any atom is -0.484 e. The van der Waals surface area contributed by atoms with Crippen LogP contribution in [0, 0.1) is 28.8 Å². The van der Waals surface area contributed by atoms with Gasteiger partial charge in [-0.2, -0.15) is 5.26 Å². The van der Waals surface area contributed by atoms with Crippen LogP contribution in [0.5, 0.6) is 17.2 Å². The molecule has 6 rings (SSSR count). The average molecular weight is 602 g/mol. The number of fused-ring (bicyclic) bond motifs is 1. The van der Waals surface area contributed by atoms with Crippen molar-refractivity contribution in [3.05, 3.63) is 107 Å². The highest BCUT2D eigenvalue weighted by molar-refractivity contribution is 5.92. The van der Waals surface area contributed by atoms with Crippen LogP contribution in [0.1, 0.15) is 39.6 Å². The summed E-state index contributed by atoms with van der Waals surface area (Å²) in [6.07, 6.45) is 3.29. The second kappa shape index (κ2) is 12.0. The lowest BCUT2D eigenvalue weighted by molar-refractivity contribution is -0.0589. The number of pyridine rings is 2. The molecule has 1 aliphatic rings. The Balaban J connectivity index is 1.19. The smallest absolute Gasteiger partial charge is 0.335 e. The first kappa shape index (κ1) is 28.6. The lowest BCUT2D eigenvalue weighted by Gasteiger charge is -2.27. The van der Waals surface area contributed by atoms with Gasteiger partial charge in [0.05, 0.1) is 59.4 Å². The molecule has 0 saturated carbocycles. The van der Waals surface area contributed by atoms with Crippen molar-refractivity contribution in [3.8, 4) is 23.3 Å². The van der Waals surface area contributed by atoms with Crippen LogP contribution < -0.4 is 9.47 Å². The van der Waals surface area contributed by atoms with Gasteiger partial charge in [0, 0.05) is 24.9 Å². The summed E-state index contributed by atoms with van der Waals surface area (Å²) in [6, 6.07) is 12.2. The third-order valence-corrected chi connectivity index (χ3v) is 6.99. The van der Waals surface area contributed by atoms with E-state index in [2.05, 4.69) is 15.0 Å². The number of imidazole rings is 1. The van der Waals surface area contributed by atoms with Crippen LogP contribution in [0.4, 0.5) is 13.2 Å². The Bertz CT molecular complexity index is 1940. The number of benzene rings is 2. The fraction of sp³-hybridized carbons (Fsp3) is 0.194. The van der Waals surface area contributed by atoms with Crippen LogP contribution in [-0.4, -0.2) is 43.3 Å². The predicted molar refractivity (Wildman–Crippen MR) is 148 cm³/mol. The zero-order valence-corrected chi connectivity index (χ0v) is 22.8. The lowest BCUT2D eigenvalue weighted by atomic mass is 10.1. The van der Waals surface area contributed by atoms with Gasteiger partial charge in [-0.15, -0.1) is 0 Å². The van der Waals surface area contributed by atoms with Crippen LogP contribution >= 0.6 is 0 Å². The van der Waals surface area contributed by atoms with Crippen molar-refractivity contribution < 1.29 is 37.3 Å². The molecule has 0 amide bonds. The molecular formula is C31H22F3N5O5. The maximum Gasteiger partial charge on any atom is 0.335 e. The molecule has 2 aromatic carbocycles. The fourth-order valence-electron chi connectivity index (χ4n) is 4.68. The maximum absolute atomic E-state index is 15.3. The summed E-state index contributed by atoms with van der Waals surface area (Å²) in [6.45, 7) is 0.788. The van der Waals surface area contributed by atoms with Gasteiger partial charge in [-0.1, -0.05) is 0 Å². The summed E-state index contributed by atoms with van der Waals surface area (Å²) in [5.74, 6) is -2.79. The first-order valence-electron chi connectivity index (χ1n) is 13.4. The summed E-state index contributed by atoms with van der Waals surface area (Å²) in [4.78, 5) is 24.3. The topological polar surface area (TPSA) is 132 Å². The van der Waals surface area contributed by atoms with Crippen LogP contribution in [0.15, 0.2) is 60.9 Å². The van der Waals surface area contributed by atoms with E-state index in [1.807, 2.05) is 6.07 Å². The van der Waals surface area contributed by atoms with E-state index in [0.29, 0.717) is 30.4 Å². The number of hydrogen-bond donors (Lipinski definition) is 1. The normalized spacial score (nSPS) is 14.2. The average Bonchev–Trinajstić information content (AvgIpc) is 3.33. The van der Waals surface area contributed by atoms with E-state index in [0.717, 1.165) is 24.6 Å². The quantitative estimate of drug-likeness (QED) is 0.218. The number of carboxylic acids is 1. The van der Waals surface area contributed by atoms with Crippen molar-refractivity contribution in [1.29, 1.82) is 5.26 Å². The molecule has 0 spiro atoms. The molecule has 4 heterocycles. The van der Waals surface area contributed by atoms with Crippen molar-refractivity contribution in [2.24, 2.45) is 0 Å². The Morgan fingerprint density at radius 2 is 1.91 bits per heavy atom. The molecule has 1 atom stereocenters. The number of nitriles is 1. The summed E-state index contributed by atoms with van der Waals surface area (Å²) < 4.78 is 62.6. The van der Waals surface area contributed by atoms with E-state index in [4.69, 9.17) is 19.5 Å². The summed E-state index contributed by atoms with van der Waals surface area (Å²) in [5.41, 5.74) is 0.617. The number of aromatic carboxylic acids is 1. The van der Waals surface area contributed by atoms with E-state index >= 15 is 4.39 Å². The van der Waals surface area contributed by atoms with Gasteiger partial charge in [0.2, 0.25) is 0 Å². The van der Waals surface area contributed by atoms with E-state index in [-0.39, 0.29) is 58.5 Å². The third-order valence-electron chi connectivity index (χ3n) is 6.99. The molecule has 1 unspecified atom stereocenters. The number of halogens is 3. The highest BCUT2D eigenvalue weighted by atomic mass is 19.1. The van der Waals surface area contributed by atoms with Gasteiger partial charge in [-0.25, -0.2) is 22.9 Å². The van der Waals surface area contributed by atoms with E-state index in [1.54, 1.807) is 10.6 Å². The largest absolute Gasteiger partial charge is 0.484 e. The molecule has 10 nitrogen and oxygen atoms in total. The summed E-state index contributed by atoms with van der Waals surface area (Å²) >= 11 is 0. The molecule has 0 bridgehead atoms. The molecule has 13 heteroatoms. The number of rotatable bonds is 10. The summed E-state index contributed by atoms with van der Waals surface area (Å²) in [5, 5.41) is 18.3. The Hall–Kier alpha value is -5.48. The molecule has 5 aromatic rings. The van der Waals surface area contributed by atoms with Gasteiger partial charge < -0.3 is 23.9 Å². The standard InChI is InChI=1S/C31H22F3N5O5/c32-23-11-22(44-20-3-5-36-19(10-20)16-43-28-2-1-17(13-35)7-24(28)33)14-37-26(23)12-29-38-30-25(34)8-18(31(40)41)9-27(30)39(29)15-21-4-6-42-21/h1-3,5,7-11,14,21H,4,6,12,15-16H2,(H,40,41). The lowest BCUT2D eigenvalue weighted by Crippen LogP contribution is -2.31. The number of carbonyl (C=O) groups is 1. The Morgan fingerprint density at radius 1 is 1.07 bits per heavy atom. The van der Waals surface area contributed by atoms with Crippen molar-refractivity contribution in [2.45, 2.75) is 32.1 Å². The van der Waals surface area contributed by atoms with Crippen LogP contribution in [0.3, 0.4) is 0 Å². The second-order valence-electron chi connectivity index (χ2n) is 9.96. The summed E-state index contributed by atoms with van der Waals surface area (Å²) in [7, 11) is 0. The number of aromatic nitrogens is 4. The zero-order chi connectivity index (χ0) is 30.8. The van der Waals surface area contributed by atoms with Gasteiger partial charge in [0.15, 0.2) is 17.4 Å². The zero-order valence-electron chi connectivity index (χ0n) is 22.8. The second-order valence-corrected chi connectivity index (χ2v) is 9.96. The predicted octanol–water partition coefficient (Wildman–Crippen LogP) is 5.56. The van der Waals surface area contributed by atoms with Crippen molar-refractivity contribution in [2.75, 3.05) is 6.61 Å². The van der Waals surface area contributed by atoms with Crippen molar-refractivity contribution >= 4 is 17.0 Å². The molecule has 44 heavy (non-hydrogen) atoms. The van der Waals surface area contributed by atoms with E-state index in [1.165, 1.54) is 36.7 Å². The van der Waals surface area contributed by atoms with E-state index < -0.39 is 23.4 Å². The highest BCUT2D eigenvalue weighted by Crippen LogP contribution is 2.28. The Labute approximate surface area is 247 Å².